The van der Waals surface area contributed by atoms with Crippen LogP contribution in [0.15, 0.2) is 24.3 Å². The molecule has 1 heterocycles. The molecule has 1 fully saturated rings. The van der Waals surface area contributed by atoms with Gasteiger partial charge in [0.2, 0.25) is 0 Å². The van der Waals surface area contributed by atoms with Crippen molar-refractivity contribution in [2.24, 2.45) is 5.92 Å². The van der Waals surface area contributed by atoms with E-state index in [2.05, 4.69) is 33.8 Å². The molecule has 1 aliphatic heterocycles. The Hall–Kier alpha value is -1.02. The van der Waals surface area contributed by atoms with Crippen molar-refractivity contribution < 1.29 is 4.79 Å². The highest BCUT2D eigenvalue weighted by atomic mass is 35.5. The van der Waals surface area contributed by atoms with Crippen molar-refractivity contribution in [3.8, 4) is 0 Å². The van der Waals surface area contributed by atoms with Gasteiger partial charge < -0.3 is 4.90 Å². The quantitative estimate of drug-likeness (QED) is 0.715. The molecule has 1 aromatic carbocycles. The third-order valence-electron chi connectivity index (χ3n) is 4.05. The minimum atomic E-state index is -0.0251. The van der Waals surface area contributed by atoms with Crippen LogP contribution in [0.5, 0.6) is 0 Å². The van der Waals surface area contributed by atoms with E-state index in [-0.39, 0.29) is 16.7 Å². The zero-order valence-corrected chi connectivity index (χ0v) is 13.6. The third-order valence-corrected chi connectivity index (χ3v) is 4.70. The summed E-state index contributed by atoms with van der Waals surface area (Å²) in [5, 5.41) is 0.192. The minimum absolute atomic E-state index is 0.0251. The van der Waals surface area contributed by atoms with Crippen molar-refractivity contribution in [3.63, 3.8) is 0 Å². The molecule has 110 valence electrons. The van der Waals surface area contributed by atoms with Crippen LogP contribution in [-0.2, 0) is 5.41 Å². The largest absolute Gasteiger partial charge is 0.338 e. The lowest BCUT2D eigenvalue weighted by Gasteiger charge is -2.35. The van der Waals surface area contributed by atoms with Gasteiger partial charge in [-0.3, -0.25) is 4.79 Å². The molecule has 2 unspecified atom stereocenters. The normalized spacial score (nSPS) is 23.8. The standard InChI is InChI=1S/C17H24ClNO/c1-12-11-19(10-9-15(12)18)16(20)13-7-5-6-8-14(13)17(2,3)4/h5-8,12,15H,9-11H2,1-4H3. The average molecular weight is 294 g/mol. The van der Waals surface area contributed by atoms with Gasteiger partial charge in [0.1, 0.15) is 0 Å². The number of halogens is 1. The monoisotopic (exact) mass is 293 g/mol. The number of benzene rings is 1. The average Bonchev–Trinajstić information content (AvgIpc) is 2.40. The SMILES string of the molecule is CC1CN(C(=O)c2ccccc2C(C)(C)C)CCC1Cl. The van der Waals surface area contributed by atoms with E-state index in [0.717, 1.165) is 30.6 Å². The summed E-state index contributed by atoms with van der Waals surface area (Å²) in [7, 11) is 0. The molecule has 0 aromatic heterocycles. The van der Waals surface area contributed by atoms with Crippen LogP contribution in [-0.4, -0.2) is 29.3 Å². The number of alkyl halides is 1. The maximum Gasteiger partial charge on any atom is 0.254 e. The van der Waals surface area contributed by atoms with Crippen LogP contribution < -0.4 is 0 Å². The van der Waals surface area contributed by atoms with Crippen LogP contribution in [0.25, 0.3) is 0 Å². The van der Waals surface area contributed by atoms with Crippen molar-refractivity contribution in [2.45, 2.75) is 44.9 Å². The fraction of sp³-hybridized carbons (Fsp3) is 0.588. The van der Waals surface area contributed by atoms with Crippen LogP contribution in [0, 0.1) is 5.92 Å². The summed E-state index contributed by atoms with van der Waals surface area (Å²) in [6, 6.07) is 7.95. The number of hydrogen-bond donors (Lipinski definition) is 0. The summed E-state index contributed by atoms with van der Waals surface area (Å²) in [4.78, 5) is 14.8. The van der Waals surface area contributed by atoms with E-state index in [4.69, 9.17) is 11.6 Å². The molecule has 0 N–H and O–H groups in total. The molecule has 0 bridgehead atoms. The maximum absolute atomic E-state index is 12.8. The molecule has 1 aliphatic rings. The Morgan fingerprint density at radius 1 is 1.30 bits per heavy atom. The topological polar surface area (TPSA) is 20.3 Å². The number of likely N-dealkylation sites (tertiary alicyclic amines) is 1. The smallest absolute Gasteiger partial charge is 0.254 e. The molecular weight excluding hydrogens is 270 g/mol. The summed E-state index contributed by atoms with van der Waals surface area (Å²) < 4.78 is 0. The predicted octanol–water partition coefficient (Wildman–Crippen LogP) is 4.07. The van der Waals surface area contributed by atoms with Gasteiger partial charge in [-0.05, 0) is 29.4 Å². The Kier molecular flexibility index (Phi) is 4.43. The van der Waals surface area contributed by atoms with Gasteiger partial charge >= 0.3 is 0 Å². The van der Waals surface area contributed by atoms with Crippen LogP contribution >= 0.6 is 11.6 Å². The summed E-state index contributed by atoms with van der Waals surface area (Å²) in [6.45, 7) is 10.1. The van der Waals surface area contributed by atoms with Gasteiger partial charge in [0.15, 0.2) is 0 Å². The van der Waals surface area contributed by atoms with Crippen LogP contribution in [0.3, 0.4) is 0 Å². The van der Waals surface area contributed by atoms with Gasteiger partial charge in [0.25, 0.3) is 5.91 Å². The zero-order chi connectivity index (χ0) is 14.9. The lowest BCUT2D eigenvalue weighted by atomic mass is 9.83. The summed E-state index contributed by atoms with van der Waals surface area (Å²) in [5.41, 5.74) is 1.92. The second-order valence-electron chi connectivity index (χ2n) is 6.83. The first-order valence-corrected chi connectivity index (χ1v) is 7.77. The fourth-order valence-electron chi connectivity index (χ4n) is 2.80. The highest BCUT2D eigenvalue weighted by molar-refractivity contribution is 6.20. The van der Waals surface area contributed by atoms with Gasteiger partial charge in [-0.25, -0.2) is 0 Å². The lowest BCUT2D eigenvalue weighted by molar-refractivity contribution is 0.0684. The van der Waals surface area contributed by atoms with Gasteiger partial charge in [0.05, 0.1) is 0 Å². The number of carbonyl (C=O) groups excluding carboxylic acids is 1. The molecule has 0 saturated carbocycles. The van der Waals surface area contributed by atoms with E-state index in [9.17, 15) is 4.79 Å². The summed E-state index contributed by atoms with van der Waals surface area (Å²) in [5.74, 6) is 0.502. The number of hydrogen-bond acceptors (Lipinski definition) is 1. The Morgan fingerprint density at radius 3 is 2.55 bits per heavy atom. The molecule has 0 aliphatic carbocycles. The first kappa shape index (κ1) is 15.4. The second-order valence-corrected chi connectivity index (χ2v) is 7.39. The van der Waals surface area contributed by atoms with Crippen molar-refractivity contribution in [1.82, 2.24) is 4.90 Å². The highest BCUT2D eigenvalue weighted by Gasteiger charge is 2.30. The molecule has 0 radical (unpaired) electrons. The van der Waals surface area contributed by atoms with E-state index in [1.807, 2.05) is 23.1 Å². The van der Waals surface area contributed by atoms with Crippen LogP contribution in [0.1, 0.15) is 50.0 Å². The van der Waals surface area contributed by atoms with Crippen LogP contribution in [0.4, 0.5) is 0 Å². The molecule has 2 nitrogen and oxygen atoms in total. The van der Waals surface area contributed by atoms with Gasteiger partial charge in [-0.15, -0.1) is 11.6 Å². The Morgan fingerprint density at radius 2 is 1.95 bits per heavy atom. The second kappa shape index (κ2) is 5.77. The predicted molar refractivity (Wildman–Crippen MR) is 84.5 cm³/mol. The number of amides is 1. The van der Waals surface area contributed by atoms with E-state index in [1.54, 1.807) is 0 Å². The van der Waals surface area contributed by atoms with E-state index >= 15 is 0 Å². The zero-order valence-electron chi connectivity index (χ0n) is 12.8. The van der Waals surface area contributed by atoms with Crippen molar-refractivity contribution in [1.29, 1.82) is 0 Å². The molecule has 3 heteroatoms. The molecule has 1 amide bonds. The van der Waals surface area contributed by atoms with Gasteiger partial charge in [-0.2, -0.15) is 0 Å². The first-order valence-electron chi connectivity index (χ1n) is 7.33. The van der Waals surface area contributed by atoms with Gasteiger partial charge in [-0.1, -0.05) is 45.9 Å². The number of nitrogens with zero attached hydrogens (tertiary/aromatic N) is 1. The fourth-order valence-corrected chi connectivity index (χ4v) is 2.97. The third kappa shape index (κ3) is 3.17. The summed E-state index contributed by atoms with van der Waals surface area (Å²) >= 11 is 6.25. The van der Waals surface area contributed by atoms with Crippen molar-refractivity contribution in [3.05, 3.63) is 35.4 Å². The molecule has 20 heavy (non-hydrogen) atoms. The molecule has 2 atom stereocenters. The molecule has 2 rings (SSSR count). The van der Waals surface area contributed by atoms with Crippen molar-refractivity contribution >= 4 is 17.5 Å². The molecule has 0 spiro atoms. The molecular formula is C17H24ClNO. The molecule has 1 aromatic rings. The number of piperidine rings is 1. The Labute approximate surface area is 127 Å². The van der Waals surface area contributed by atoms with Crippen LogP contribution in [0.2, 0.25) is 0 Å². The van der Waals surface area contributed by atoms with E-state index < -0.39 is 0 Å². The van der Waals surface area contributed by atoms with Crippen molar-refractivity contribution in [2.75, 3.05) is 13.1 Å². The minimum Gasteiger partial charge on any atom is -0.338 e. The number of carbonyl (C=O) groups is 1. The number of rotatable bonds is 1. The van der Waals surface area contributed by atoms with Gasteiger partial charge in [0, 0.05) is 24.0 Å². The summed E-state index contributed by atoms with van der Waals surface area (Å²) in [6.07, 6.45) is 0.881. The Bertz CT molecular complexity index is 492. The molecule has 1 saturated heterocycles. The Balaban J connectivity index is 2.26. The first-order chi connectivity index (χ1) is 9.30. The highest BCUT2D eigenvalue weighted by Crippen LogP contribution is 2.28. The maximum atomic E-state index is 12.8. The van der Waals surface area contributed by atoms with E-state index in [0.29, 0.717) is 5.92 Å². The van der Waals surface area contributed by atoms with E-state index in [1.165, 1.54) is 0 Å². The lowest BCUT2D eigenvalue weighted by Crippen LogP contribution is -2.44.